The number of carbonyl (C=O) groups excluding carboxylic acids is 2. The van der Waals surface area contributed by atoms with Crippen LogP contribution in [-0.2, 0) is 4.79 Å². The first-order chi connectivity index (χ1) is 13.1. The van der Waals surface area contributed by atoms with Crippen molar-refractivity contribution in [2.75, 3.05) is 11.9 Å². The van der Waals surface area contributed by atoms with Gasteiger partial charge in [-0.05, 0) is 49.7 Å². The smallest absolute Gasteiger partial charge is 0.226 e. The topological polar surface area (TPSA) is 81.2 Å². The van der Waals surface area contributed by atoms with E-state index in [1.54, 1.807) is 36.7 Å². The van der Waals surface area contributed by atoms with Gasteiger partial charge in [0.2, 0.25) is 5.91 Å². The van der Waals surface area contributed by atoms with E-state index in [2.05, 4.69) is 15.3 Å². The number of carbonyl (C=O) groups is 2. The van der Waals surface area contributed by atoms with Crippen LogP contribution < -0.4 is 10.1 Å². The third-order valence-electron chi connectivity index (χ3n) is 3.80. The fourth-order valence-corrected chi connectivity index (χ4v) is 3.11. The Bertz CT molecular complexity index is 908. The van der Waals surface area contributed by atoms with Gasteiger partial charge in [0, 0.05) is 35.3 Å². The molecule has 1 N–H and O–H groups in total. The molecule has 0 aliphatic carbocycles. The molecule has 1 amide bonds. The van der Waals surface area contributed by atoms with Crippen LogP contribution in [0.4, 0.5) is 5.13 Å². The number of nitrogens with one attached hydrogen (secondary N) is 1. The van der Waals surface area contributed by atoms with Crippen molar-refractivity contribution in [3.05, 3.63) is 59.7 Å². The molecule has 0 radical (unpaired) electrons. The van der Waals surface area contributed by atoms with E-state index in [1.165, 1.54) is 18.3 Å². The molecule has 0 saturated carbocycles. The van der Waals surface area contributed by atoms with Crippen LogP contribution in [0.2, 0.25) is 0 Å². The van der Waals surface area contributed by atoms with Gasteiger partial charge in [0.15, 0.2) is 10.9 Å². The first-order valence-electron chi connectivity index (χ1n) is 8.51. The quantitative estimate of drug-likeness (QED) is 0.467. The lowest BCUT2D eigenvalue weighted by Crippen LogP contribution is -2.12. The van der Waals surface area contributed by atoms with Crippen molar-refractivity contribution in [1.29, 1.82) is 0 Å². The lowest BCUT2D eigenvalue weighted by atomic mass is 10.1. The van der Waals surface area contributed by atoms with Crippen LogP contribution in [0.5, 0.6) is 5.75 Å². The molecule has 0 aliphatic rings. The average molecular weight is 381 g/mol. The minimum atomic E-state index is -0.0962. The highest BCUT2D eigenvalue weighted by Gasteiger charge is 2.08. The molecule has 0 fully saturated rings. The number of pyridine rings is 1. The number of nitrogens with zero attached hydrogens (tertiary/aromatic N) is 2. The number of anilines is 1. The monoisotopic (exact) mass is 381 g/mol. The predicted molar refractivity (Wildman–Crippen MR) is 105 cm³/mol. The van der Waals surface area contributed by atoms with Gasteiger partial charge < -0.3 is 10.1 Å². The number of rotatable bonds is 8. The van der Waals surface area contributed by atoms with E-state index in [4.69, 9.17) is 4.74 Å². The molecule has 6 nitrogen and oxygen atoms in total. The van der Waals surface area contributed by atoms with Crippen molar-refractivity contribution in [1.82, 2.24) is 9.97 Å². The zero-order chi connectivity index (χ0) is 19.1. The van der Waals surface area contributed by atoms with E-state index in [0.29, 0.717) is 35.9 Å². The average Bonchev–Trinajstić information content (AvgIpc) is 3.15. The summed E-state index contributed by atoms with van der Waals surface area (Å²) in [5.41, 5.74) is 2.43. The molecular formula is C20H19N3O3S. The van der Waals surface area contributed by atoms with Gasteiger partial charge in [-0.1, -0.05) is 0 Å². The SMILES string of the molecule is CC(=O)c1ccc(OCCCC(=O)Nc2nc(-c3ccncc3)cs2)cc1. The van der Waals surface area contributed by atoms with E-state index in [0.717, 1.165) is 11.3 Å². The molecule has 2 heterocycles. The second-order valence-corrected chi connectivity index (χ2v) is 6.71. The maximum atomic E-state index is 12.0. The van der Waals surface area contributed by atoms with Crippen LogP contribution in [0, 0.1) is 0 Å². The summed E-state index contributed by atoms with van der Waals surface area (Å²) < 4.78 is 5.59. The van der Waals surface area contributed by atoms with Crippen molar-refractivity contribution in [3.8, 4) is 17.0 Å². The summed E-state index contributed by atoms with van der Waals surface area (Å²) in [6, 6.07) is 10.7. The van der Waals surface area contributed by atoms with E-state index >= 15 is 0 Å². The van der Waals surface area contributed by atoms with E-state index in [-0.39, 0.29) is 11.7 Å². The molecule has 2 aromatic heterocycles. The standard InChI is InChI=1S/C20H19N3O3S/c1-14(24)15-4-6-17(7-5-15)26-12-2-3-19(25)23-20-22-18(13-27-20)16-8-10-21-11-9-16/h4-11,13H,2-3,12H2,1H3,(H,22,23,25). The molecule has 27 heavy (non-hydrogen) atoms. The van der Waals surface area contributed by atoms with E-state index in [9.17, 15) is 9.59 Å². The largest absolute Gasteiger partial charge is 0.494 e. The van der Waals surface area contributed by atoms with Crippen LogP contribution in [-0.4, -0.2) is 28.3 Å². The van der Waals surface area contributed by atoms with Gasteiger partial charge in [0.05, 0.1) is 12.3 Å². The van der Waals surface area contributed by atoms with Crippen LogP contribution in [0.25, 0.3) is 11.3 Å². The van der Waals surface area contributed by atoms with E-state index < -0.39 is 0 Å². The normalized spacial score (nSPS) is 10.4. The van der Waals surface area contributed by atoms with Crippen LogP contribution >= 0.6 is 11.3 Å². The molecule has 0 aliphatic heterocycles. The van der Waals surface area contributed by atoms with Gasteiger partial charge in [-0.2, -0.15) is 0 Å². The summed E-state index contributed by atoms with van der Waals surface area (Å²) in [5, 5.41) is 5.29. The summed E-state index contributed by atoms with van der Waals surface area (Å²) in [7, 11) is 0. The zero-order valence-electron chi connectivity index (χ0n) is 14.8. The molecule has 0 unspecified atom stereocenters. The minimum Gasteiger partial charge on any atom is -0.494 e. The van der Waals surface area contributed by atoms with Crippen LogP contribution in [0.1, 0.15) is 30.1 Å². The van der Waals surface area contributed by atoms with Crippen molar-refractivity contribution >= 4 is 28.2 Å². The number of hydrogen-bond donors (Lipinski definition) is 1. The molecule has 138 valence electrons. The molecule has 0 saturated heterocycles. The van der Waals surface area contributed by atoms with Crippen molar-refractivity contribution in [2.45, 2.75) is 19.8 Å². The second-order valence-electron chi connectivity index (χ2n) is 5.85. The number of benzene rings is 1. The Kier molecular flexibility index (Phi) is 6.27. The maximum absolute atomic E-state index is 12.0. The molecule has 7 heteroatoms. The number of thiazole rings is 1. The third kappa shape index (κ3) is 5.46. The molecule has 0 bridgehead atoms. The minimum absolute atomic E-state index is 0.0208. The molecular weight excluding hydrogens is 362 g/mol. The summed E-state index contributed by atoms with van der Waals surface area (Å²) >= 11 is 1.39. The Morgan fingerprint density at radius 2 is 1.85 bits per heavy atom. The van der Waals surface area contributed by atoms with Crippen molar-refractivity contribution < 1.29 is 14.3 Å². The highest BCUT2D eigenvalue weighted by atomic mass is 32.1. The van der Waals surface area contributed by atoms with Gasteiger partial charge in [0.1, 0.15) is 5.75 Å². The van der Waals surface area contributed by atoms with Gasteiger partial charge in [-0.3, -0.25) is 14.6 Å². The lowest BCUT2D eigenvalue weighted by molar-refractivity contribution is -0.116. The van der Waals surface area contributed by atoms with Crippen LogP contribution in [0.15, 0.2) is 54.2 Å². The molecule has 0 atom stereocenters. The van der Waals surface area contributed by atoms with Gasteiger partial charge >= 0.3 is 0 Å². The number of amides is 1. The first kappa shape index (κ1) is 18.7. The fraction of sp³-hybridized carbons (Fsp3) is 0.200. The Labute approximate surface area is 161 Å². The molecule has 3 aromatic rings. The Hall–Kier alpha value is -3.06. The van der Waals surface area contributed by atoms with Gasteiger partial charge in [-0.25, -0.2) is 4.98 Å². The molecule has 1 aromatic carbocycles. The summed E-state index contributed by atoms with van der Waals surface area (Å²) in [5.74, 6) is 0.607. The number of hydrogen-bond acceptors (Lipinski definition) is 6. The van der Waals surface area contributed by atoms with Gasteiger partial charge in [-0.15, -0.1) is 11.3 Å². The summed E-state index contributed by atoms with van der Waals surface area (Å²) in [4.78, 5) is 31.7. The molecule has 3 rings (SSSR count). The Balaban J connectivity index is 1.41. The number of Topliss-reactive ketones (excluding diaryl/α,β-unsaturated/α-hetero) is 1. The highest BCUT2D eigenvalue weighted by molar-refractivity contribution is 7.14. The van der Waals surface area contributed by atoms with Crippen molar-refractivity contribution in [2.24, 2.45) is 0 Å². The Morgan fingerprint density at radius 1 is 1.11 bits per heavy atom. The van der Waals surface area contributed by atoms with Crippen LogP contribution in [0.3, 0.4) is 0 Å². The predicted octanol–water partition coefficient (Wildman–Crippen LogP) is 4.21. The first-order valence-corrected chi connectivity index (χ1v) is 9.39. The van der Waals surface area contributed by atoms with Gasteiger partial charge in [0.25, 0.3) is 0 Å². The maximum Gasteiger partial charge on any atom is 0.226 e. The third-order valence-corrected chi connectivity index (χ3v) is 4.56. The number of ether oxygens (including phenoxy) is 1. The summed E-state index contributed by atoms with van der Waals surface area (Å²) in [6.45, 7) is 1.95. The van der Waals surface area contributed by atoms with Crippen molar-refractivity contribution in [3.63, 3.8) is 0 Å². The van der Waals surface area contributed by atoms with E-state index in [1.807, 2.05) is 17.5 Å². The number of ketones is 1. The number of aromatic nitrogens is 2. The highest BCUT2D eigenvalue weighted by Crippen LogP contribution is 2.24. The summed E-state index contributed by atoms with van der Waals surface area (Å²) in [6.07, 6.45) is 4.35. The fourth-order valence-electron chi connectivity index (χ4n) is 2.38. The second kappa shape index (κ2) is 9.05. The lowest BCUT2D eigenvalue weighted by Gasteiger charge is -2.06. The zero-order valence-corrected chi connectivity index (χ0v) is 15.7. The Morgan fingerprint density at radius 3 is 2.56 bits per heavy atom. The molecule has 0 spiro atoms.